The maximum absolute atomic E-state index is 13.0. The molecular formula is C22H14ClF3N6O. The van der Waals surface area contributed by atoms with Gasteiger partial charge in [-0.1, -0.05) is 35.9 Å². The number of halogens is 4. The van der Waals surface area contributed by atoms with E-state index in [-0.39, 0.29) is 12.2 Å². The van der Waals surface area contributed by atoms with E-state index in [1.54, 1.807) is 41.6 Å². The summed E-state index contributed by atoms with van der Waals surface area (Å²) in [5.41, 5.74) is 1.58. The fourth-order valence-corrected chi connectivity index (χ4v) is 3.64. The van der Waals surface area contributed by atoms with Crippen LogP contribution in [0.25, 0.3) is 22.5 Å². The number of hydrogen-bond donors (Lipinski definition) is 0. The van der Waals surface area contributed by atoms with Crippen molar-refractivity contribution < 1.29 is 13.2 Å². The van der Waals surface area contributed by atoms with Gasteiger partial charge in [0.15, 0.2) is 0 Å². The van der Waals surface area contributed by atoms with E-state index < -0.39 is 17.4 Å². The average molecular weight is 471 g/mol. The molecule has 2 aromatic carbocycles. The van der Waals surface area contributed by atoms with Gasteiger partial charge in [-0.3, -0.25) is 0 Å². The minimum Gasteiger partial charge on any atom is -0.302 e. The Morgan fingerprint density at radius 2 is 1.73 bits per heavy atom. The number of imidazole rings is 1. The van der Waals surface area contributed by atoms with Crippen LogP contribution in [0.15, 0.2) is 78.2 Å². The van der Waals surface area contributed by atoms with Crippen molar-refractivity contribution in [2.45, 2.75) is 12.7 Å². The second-order valence-electron chi connectivity index (χ2n) is 7.25. The molecule has 0 bridgehead atoms. The van der Waals surface area contributed by atoms with Gasteiger partial charge in [0.05, 0.1) is 24.6 Å². The van der Waals surface area contributed by atoms with Crippen LogP contribution in [0, 0.1) is 0 Å². The normalized spacial score (nSPS) is 11.9. The van der Waals surface area contributed by atoms with Crippen molar-refractivity contribution in [2.75, 3.05) is 0 Å². The molecule has 3 heterocycles. The zero-order valence-corrected chi connectivity index (χ0v) is 17.5. The number of fused-ring (bicyclic) bond motifs is 1. The maximum atomic E-state index is 13.0. The number of aromatic nitrogens is 6. The Bertz CT molecular complexity index is 1490. The van der Waals surface area contributed by atoms with E-state index in [2.05, 4.69) is 15.2 Å². The van der Waals surface area contributed by atoms with Gasteiger partial charge >= 0.3 is 11.9 Å². The highest BCUT2D eigenvalue weighted by atomic mass is 35.5. The summed E-state index contributed by atoms with van der Waals surface area (Å²) in [6.07, 6.45) is 2.01. The molecule has 3 aromatic heterocycles. The van der Waals surface area contributed by atoms with Crippen molar-refractivity contribution in [1.29, 1.82) is 0 Å². The van der Waals surface area contributed by atoms with Crippen LogP contribution in [0.5, 0.6) is 0 Å². The molecule has 0 radical (unpaired) electrons. The first-order valence-electron chi connectivity index (χ1n) is 9.70. The minimum atomic E-state index is -4.43. The zero-order valence-electron chi connectivity index (χ0n) is 16.7. The van der Waals surface area contributed by atoms with E-state index in [4.69, 9.17) is 11.6 Å². The summed E-state index contributed by atoms with van der Waals surface area (Å²) in [6.45, 7) is -0.0139. The first kappa shape index (κ1) is 21.0. The smallest absolute Gasteiger partial charge is 0.302 e. The summed E-state index contributed by atoms with van der Waals surface area (Å²) in [5, 5.41) is 9.29. The highest BCUT2D eigenvalue weighted by Gasteiger charge is 2.30. The molecule has 166 valence electrons. The van der Waals surface area contributed by atoms with Crippen molar-refractivity contribution in [2.24, 2.45) is 0 Å². The second-order valence-corrected chi connectivity index (χ2v) is 7.69. The lowest BCUT2D eigenvalue weighted by Crippen LogP contribution is -2.23. The van der Waals surface area contributed by atoms with Gasteiger partial charge in [0.2, 0.25) is 5.65 Å². The van der Waals surface area contributed by atoms with Crippen LogP contribution in [-0.4, -0.2) is 28.9 Å². The number of nitrogens with zero attached hydrogens (tertiary/aromatic N) is 6. The van der Waals surface area contributed by atoms with E-state index >= 15 is 0 Å². The Labute approximate surface area is 189 Å². The zero-order chi connectivity index (χ0) is 23.2. The summed E-state index contributed by atoms with van der Waals surface area (Å²) >= 11 is 6.01. The van der Waals surface area contributed by atoms with Crippen LogP contribution in [0.3, 0.4) is 0 Å². The van der Waals surface area contributed by atoms with Gasteiger partial charge in [0.25, 0.3) is 0 Å². The van der Waals surface area contributed by atoms with Gasteiger partial charge < -0.3 is 4.57 Å². The highest BCUT2D eigenvalue weighted by Crippen LogP contribution is 2.30. The molecule has 0 fully saturated rings. The second kappa shape index (κ2) is 7.89. The third kappa shape index (κ3) is 3.89. The van der Waals surface area contributed by atoms with E-state index in [0.29, 0.717) is 21.8 Å². The van der Waals surface area contributed by atoms with Gasteiger partial charge in [0, 0.05) is 23.0 Å². The van der Waals surface area contributed by atoms with Gasteiger partial charge in [-0.05, 0) is 35.4 Å². The molecule has 0 amide bonds. The number of hydrogen-bond acceptors (Lipinski definition) is 4. The number of benzene rings is 2. The van der Waals surface area contributed by atoms with Crippen LogP contribution < -0.4 is 5.69 Å². The Hall–Kier alpha value is -3.92. The van der Waals surface area contributed by atoms with Crippen molar-refractivity contribution in [3.8, 4) is 16.8 Å². The van der Waals surface area contributed by atoms with E-state index in [1.165, 1.54) is 12.1 Å². The van der Waals surface area contributed by atoms with Crippen molar-refractivity contribution in [1.82, 2.24) is 28.9 Å². The molecule has 0 aliphatic rings. The Morgan fingerprint density at radius 1 is 1.00 bits per heavy atom. The van der Waals surface area contributed by atoms with Gasteiger partial charge in [0.1, 0.15) is 5.69 Å². The first-order chi connectivity index (χ1) is 15.8. The molecule has 33 heavy (non-hydrogen) atoms. The molecule has 11 heteroatoms. The monoisotopic (exact) mass is 470 g/mol. The average Bonchev–Trinajstić information content (AvgIpc) is 3.42. The van der Waals surface area contributed by atoms with Crippen LogP contribution in [0.2, 0.25) is 5.02 Å². The predicted octanol–water partition coefficient (Wildman–Crippen LogP) is 4.46. The molecule has 0 aliphatic carbocycles. The number of rotatable bonds is 4. The standard InChI is InChI=1S/C22H14ClF3N6O/c23-17-7-3-15(4-8-17)18-11-28-32-20(19(18)30-10-9-27-13-30)29-31(21(32)33)12-14-1-5-16(6-2-14)22(24,25)26/h1-11,13H,12H2. The lowest BCUT2D eigenvalue weighted by Gasteiger charge is -2.10. The van der Waals surface area contributed by atoms with Crippen LogP contribution >= 0.6 is 11.6 Å². The van der Waals surface area contributed by atoms with Crippen LogP contribution in [0.4, 0.5) is 13.2 Å². The Morgan fingerprint density at radius 3 is 2.36 bits per heavy atom. The molecule has 0 saturated heterocycles. The van der Waals surface area contributed by atoms with Gasteiger partial charge in [-0.2, -0.15) is 22.8 Å². The van der Waals surface area contributed by atoms with Crippen LogP contribution in [0.1, 0.15) is 11.1 Å². The SMILES string of the molecule is O=c1n(Cc2ccc(C(F)(F)F)cc2)nc2c(-n3ccnc3)c(-c3ccc(Cl)cc3)cnn12. The largest absolute Gasteiger partial charge is 0.416 e. The topological polar surface area (TPSA) is 70.0 Å². The summed E-state index contributed by atoms with van der Waals surface area (Å²) < 4.78 is 42.5. The molecule has 0 saturated carbocycles. The first-order valence-corrected chi connectivity index (χ1v) is 10.1. The molecule has 0 unspecified atom stereocenters. The Balaban J connectivity index is 1.63. The van der Waals surface area contributed by atoms with Gasteiger partial charge in [-0.25, -0.2) is 14.5 Å². The third-order valence-corrected chi connectivity index (χ3v) is 5.37. The highest BCUT2D eigenvalue weighted by molar-refractivity contribution is 6.30. The lowest BCUT2D eigenvalue weighted by atomic mass is 10.1. The van der Waals surface area contributed by atoms with E-state index in [0.717, 1.165) is 26.9 Å². The fourth-order valence-electron chi connectivity index (χ4n) is 3.51. The quantitative estimate of drug-likeness (QED) is 0.389. The molecule has 0 N–H and O–H groups in total. The van der Waals surface area contributed by atoms with Crippen molar-refractivity contribution in [3.63, 3.8) is 0 Å². The van der Waals surface area contributed by atoms with Gasteiger partial charge in [-0.15, -0.1) is 5.10 Å². The molecule has 0 aliphatic heterocycles. The summed E-state index contributed by atoms with van der Waals surface area (Å²) in [4.78, 5) is 17.0. The van der Waals surface area contributed by atoms with E-state index in [9.17, 15) is 18.0 Å². The van der Waals surface area contributed by atoms with E-state index in [1.807, 2.05) is 12.1 Å². The summed E-state index contributed by atoms with van der Waals surface area (Å²) in [5.74, 6) is 0. The molecular weight excluding hydrogens is 457 g/mol. The maximum Gasteiger partial charge on any atom is 0.416 e. The fraction of sp³-hybridized carbons (Fsp3) is 0.0909. The third-order valence-electron chi connectivity index (χ3n) is 5.12. The Kier molecular flexibility index (Phi) is 5.01. The summed E-state index contributed by atoms with van der Waals surface area (Å²) in [6, 6.07) is 11.7. The van der Waals surface area contributed by atoms with Crippen molar-refractivity contribution >= 4 is 17.2 Å². The predicted molar refractivity (Wildman–Crippen MR) is 115 cm³/mol. The molecule has 5 aromatic rings. The van der Waals surface area contributed by atoms with Crippen LogP contribution in [-0.2, 0) is 12.7 Å². The molecule has 0 atom stereocenters. The minimum absolute atomic E-state index is 0.0139. The molecule has 0 spiro atoms. The number of alkyl halides is 3. The van der Waals surface area contributed by atoms with Crippen molar-refractivity contribution in [3.05, 3.63) is 100 Å². The molecule has 5 rings (SSSR count). The lowest BCUT2D eigenvalue weighted by molar-refractivity contribution is -0.137. The molecule has 7 nitrogen and oxygen atoms in total. The summed E-state index contributed by atoms with van der Waals surface area (Å²) in [7, 11) is 0.